The van der Waals surface area contributed by atoms with Gasteiger partial charge < -0.3 is 4.90 Å². The van der Waals surface area contributed by atoms with Gasteiger partial charge in [0, 0.05) is 18.5 Å². The molecule has 1 saturated heterocycles. The average molecular weight is 273 g/mol. The van der Waals surface area contributed by atoms with Crippen molar-refractivity contribution in [2.24, 2.45) is 0 Å². The normalized spacial score (nSPS) is 16.1. The maximum Gasteiger partial charge on any atom is 0.222 e. The van der Waals surface area contributed by atoms with Crippen molar-refractivity contribution >= 4 is 11.7 Å². The Morgan fingerprint density at radius 2 is 1.90 bits per heavy atom. The van der Waals surface area contributed by atoms with E-state index < -0.39 is 0 Å². The van der Waals surface area contributed by atoms with E-state index in [1.807, 2.05) is 24.3 Å². The number of amides is 1. The van der Waals surface area contributed by atoms with Gasteiger partial charge in [-0.15, -0.1) is 0 Å². The molecule has 1 amide bonds. The second-order valence-electron chi connectivity index (χ2n) is 5.50. The van der Waals surface area contributed by atoms with Crippen molar-refractivity contribution in [3.63, 3.8) is 0 Å². The van der Waals surface area contributed by atoms with Crippen LogP contribution >= 0.6 is 0 Å². The van der Waals surface area contributed by atoms with Crippen LogP contribution in [0.5, 0.6) is 0 Å². The van der Waals surface area contributed by atoms with Crippen LogP contribution in [0.4, 0.5) is 0 Å². The number of hydrogen-bond acceptors (Lipinski definition) is 2. The second-order valence-corrected chi connectivity index (χ2v) is 5.50. The number of hydrogen-bond donors (Lipinski definition) is 0. The van der Waals surface area contributed by atoms with Crippen LogP contribution in [0.3, 0.4) is 0 Å². The predicted octanol–water partition coefficient (Wildman–Crippen LogP) is 3.22. The molecule has 0 saturated carbocycles. The molecule has 108 valence electrons. The molecule has 1 aliphatic heterocycles. The number of ketones is 1. The molecule has 0 N–H and O–H groups in total. The molecule has 3 nitrogen and oxygen atoms in total. The molecular formula is C17H23NO2. The van der Waals surface area contributed by atoms with Gasteiger partial charge in [-0.05, 0) is 24.8 Å². The Hall–Kier alpha value is -1.64. The van der Waals surface area contributed by atoms with E-state index >= 15 is 0 Å². The molecule has 0 unspecified atom stereocenters. The van der Waals surface area contributed by atoms with E-state index in [0.717, 1.165) is 38.6 Å². The van der Waals surface area contributed by atoms with Gasteiger partial charge in [-0.3, -0.25) is 9.59 Å². The Kier molecular flexibility index (Phi) is 5.33. The first-order chi connectivity index (χ1) is 9.70. The lowest BCUT2D eigenvalue weighted by molar-refractivity contribution is -0.130. The first-order valence-electron chi connectivity index (χ1n) is 7.60. The molecule has 20 heavy (non-hydrogen) atoms. The van der Waals surface area contributed by atoms with Crippen molar-refractivity contribution in [3.05, 3.63) is 35.4 Å². The maximum atomic E-state index is 12.2. The van der Waals surface area contributed by atoms with Crippen molar-refractivity contribution in [1.82, 2.24) is 4.90 Å². The lowest BCUT2D eigenvalue weighted by Gasteiger charge is -2.19. The fourth-order valence-corrected chi connectivity index (χ4v) is 2.62. The number of carbonyl (C=O) groups is 2. The number of aryl methyl sites for hydroxylation is 1. The first kappa shape index (κ1) is 14.8. The highest BCUT2D eigenvalue weighted by Crippen LogP contribution is 2.13. The minimum Gasteiger partial charge on any atom is -0.335 e. The smallest absolute Gasteiger partial charge is 0.222 e. The molecule has 3 heteroatoms. The van der Waals surface area contributed by atoms with E-state index in [-0.39, 0.29) is 18.2 Å². The summed E-state index contributed by atoms with van der Waals surface area (Å²) in [5.41, 5.74) is 1.97. The topological polar surface area (TPSA) is 37.4 Å². The SMILES string of the molecule is CCCc1ccc(C(=O)CN2CCCCCC2=O)cc1. The van der Waals surface area contributed by atoms with Crippen molar-refractivity contribution < 1.29 is 9.59 Å². The summed E-state index contributed by atoms with van der Waals surface area (Å²) in [6, 6.07) is 7.80. The molecule has 0 aromatic heterocycles. The van der Waals surface area contributed by atoms with Gasteiger partial charge >= 0.3 is 0 Å². The molecule has 1 aliphatic rings. The Morgan fingerprint density at radius 1 is 1.15 bits per heavy atom. The zero-order valence-corrected chi connectivity index (χ0v) is 12.2. The summed E-state index contributed by atoms with van der Waals surface area (Å²) in [6.07, 6.45) is 5.78. The van der Waals surface area contributed by atoms with Crippen LogP contribution in [0.1, 0.15) is 54.9 Å². The highest BCUT2D eigenvalue weighted by Gasteiger charge is 2.19. The third-order valence-electron chi connectivity index (χ3n) is 3.82. The van der Waals surface area contributed by atoms with Gasteiger partial charge in [-0.1, -0.05) is 44.0 Å². The summed E-state index contributed by atoms with van der Waals surface area (Å²) >= 11 is 0. The van der Waals surface area contributed by atoms with Gasteiger partial charge in [0.15, 0.2) is 5.78 Å². The third kappa shape index (κ3) is 3.92. The number of Topliss-reactive ketones (excluding diaryl/α,β-unsaturated/α-hetero) is 1. The number of carbonyl (C=O) groups excluding carboxylic acids is 2. The molecule has 1 fully saturated rings. The molecule has 0 bridgehead atoms. The second kappa shape index (κ2) is 7.22. The highest BCUT2D eigenvalue weighted by molar-refractivity contribution is 5.99. The summed E-state index contributed by atoms with van der Waals surface area (Å²) in [4.78, 5) is 25.9. The molecule has 1 heterocycles. The van der Waals surface area contributed by atoms with E-state index in [0.29, 0.717) is 12.0 Å². The maximum absolute atomic E-state index is 12.2. The third-order valence-corrected chi connectivity index (χ3v) is 3.82. The van der Waals surface area contributed by atoms with Crippen LogP contribution in [-0.4, -0.2) is 29.7 Å². The van der Waals surface area contributed by atoms with Crippen LogP contribution in [0.25, 0.3) is 0 Å². The highest BCUT2D eigenvalue weighted by atomic mass is 16.2. The van der Waals surface area contributed by atoms with Gasteiger partial charge in [0.2, 0.25) is 5.91 Å². The zero-order valence-electron chi connectivity index (χ0n) is 12.2. The Morgan fingerprint density at radius 3 is 2.60 bits per heavy atom. The van der Waals surface area contributed by atoms with E-state index in [9.17, 15) is 9.59 Å². The molecule has 0 radical (unpaired) electrons. The van der Waals surface area contributed by atoms with Crippen molar-refractivity contribution in [2.45, 2.75) is 45.4 Å². The van der Waals surface area contributed by atoms with Gasteiger partial charge in [0.1, 0.15) is 0 Å². The standard InChI is InChI=1S/C17H23NO2/c1-2-6-14-8-10-15(11-9-14)16(19)13-18-12-5-3-4-7-17(18)20/h8-11H,2-7,12-13H2,1H3. The Bertz CT molecular complexity index is 464. The summed E-state index contributed by atoms with van der Waals surface area (Å²) < 4.78 is 0. The van der Waals surface area contributed by atoms with E-state index in [4.69, 9.17) is 0 Å². The molecule has 0 aliphatic carbocycles. The Balaban J connectivity index is 1.98. The van der Waals surface area contributed by atoms with Crippen LogP contribution in [-0.2, 0) is 11.2 Å². The number of nitrogens with zero attached hydrogens (tertiary/aromatic N) is 1. The molecular weight excluding hydrogens is 250 g/mol. The fourth-order valence-electron chi connectivity index (χ4n) is 2.62. The molecule has 1 aromatic rings. The van der Waals surface area contributed by atoms with Gasteiger partial charge in [-0.25, -0.2) is 0 Å². The molecule has 0 atom stereocenters. The quantitative estimate of drug-likeness (QED) is 0.772. The van der Waals surface area contributed by atoms with E-state index in [1.54, 1.807) is 4.90 Å². The summed E-state index contributed by atoms with van der Waals surface area (Å²) in [5.74, 6) is 0.168. The minimum atomic E-state index is 0.0447. The summed E-state index contributed by atoms with van der Waals surface area (Å²) in [5, 5.41) is 0. The van der Waals surface area contributed by atoms with Gasteiger partial charge in [-0.2, -0.15) is 0 Å². The molecule has 0 spiro atoms. The fraction of sp³-hybridized carbons (Fsp3) is 0.529. The molecule has 2 rings (SSSR count). The summed E-state index contributed by atoms with van der Waals surface area (Å²) in [6.45, 7) is 3.09. The number of likely N-dealkylation sites (tertiary alicyclic amines) is 1. The van der Waals surface area contributed by atoms with Crippen LogP contribution in [0, 0.1) is 0 Å². The van der Waals surface area contributed by atoms with E-state index in [1.165, 1.54) is 5.56 Å². The minimum absolute atomic E-state index is 0.0447. The zero-order chi connectivity index (χ0) is 14.4. The van der Waals surface area contributed by atoms with Crippen molar-refractivity contribution in [3.8, 4) is 0 Å². The first-order valence-corrected chi connectivity index (χ1v) is 7.60. The largest absolute Gasteiger partial charge is 0.335 e. The van der Waals surface area contributed by atoms with Crippen LogP contribution in [0.2, 0.25) is 0 Å². The van der Waals surface area contributed by atoms with Gasteiger partial charge in [0.25, 0.3) is 0 Å². The van der Waals surface area contributed by atoms with Crippen molar-refractivity contribution in [1.29, 1.82) is 0 Å². The average Bonchev–Trinajstić information content (AvgIpc) is 2.65. The summed E-state index contributed by atoms with van der Waals surface area (Å²) in [7, 11) is 0. The predicted molar refractivity (Wildman–Crippen MR) is 79.8 cm³/mol. The lowest BCUT2D eigenvalue weighted by Crippen LogP contribution is -2.35. The van der Waals surface area contributed by atoms with Crippen molar-refractivity contribution in [2.75, 3.05) is 13.1 Å². The van der Waals surface area contributed by atoms with Crippen LogP contribution in [0.15, 0.2) is 24.3 Å². The number of rotatable bonds is 5. The van der Waals surface area contributed by atoms with Crippen LogP contribution < -0.4 is 0 Å². The van der Waals surface area contributed by atoms with Gasteiger partial charge in [0.05, 0.1) is 6.54 Å². The van der Waals surface area contributed by atoms with E-state index in [2.05, 4.69) is 6.92 Å². The lowest BCUT2D eigenvalue weighted by atomic mass is 10.1. The molecule has 1 aromatic carbocycles. The monoisotopic (exact) mass is 273 g/mol. The Labute approximate surface area is 121 Å². The number of benzene rings is 1.